The summed E-state index contributed by atoms with van der Waals surface area (Å²) in [5.41, 5.74) is 0.385. The van der Waals surface area contributed by atoms with E-state index in [1.54, 1.807) is 42.5 Å². The van der Waals surface area contributed by atoms with Crippen LogP contribution in [-0.4, -0.2) is 29.8 Å². The van der Waals surface area contributed by atoms with E-state index >= 15 is 0 Å². The second-order valence-electron chi connectivity index (χ2n) is 4.66. The molecule has 0 amide bonds. The van der Waals surface area contributed by atoms with Crippen LogP contribution in [0.25, 0.3) is 6.08 Å². The standard InChI is InChI=1S/C18H14O5/c1-23-14-9-7-13(8-10-14)16(19)15(17(20)18(21)22)11-12-5-3-2-4-6-12/h2-11H,1H3,(H,21,22). The number of carbonyl (C=O) groups is 3. The molecule has 0 bridgehead atoms. The number of hydrogen-bond donors (Lipinski definition) is 1. The van der Waals surface area contributed by atoms with Crippen LogP contribution in [0.15, 0.2) is 60.2 Å². The largest absolute Gasteiger partial charge is 0.497 e. The minimum absolute atomic E-state index is 0.211. The van der Waals surface area contributed by atoms with Crippen LogP contribution in [0.4, 0.5) is 0 Å². The molecule has 0 aliphatic carbocycles. The monoisotopic (exact) mass is 310 g/mol. The molecule has 0 aromatic heterocycles. The topological polar surface area (TPSA) is 80.7 Å². The maximum absolute atomic E-state index is 12.5. The van der Waals surface area contributed by atoms with Gasteiger partial charge in [0.05, 0.1) is 12.7 Å². The van der Waals surface area contributed by atoms with E-state index in [0.717, 1.165) is 0 Å². The normalized spacial score (nSPS) is 10.9. The molecule has 0 unspecified atom stereocenters. The number of benzene rings is 2. The molecule has 1 N–H and O–H groups in total. The highest BCUT2D eigenvalue weighted by Gasteiger charge is 2.25. The van der Waals surface area contributed by atoms with Crippen molar-refractivity contribution in [2.24, 2.45) is 0 Å². The molecular weight excluding hydrogens is 296 g/mol. The number of carbonyl (C=O) groups excluding carboxylic acids is 2. The van der Waals surface area contributed by atoms with Gasteiger partial charge in [-0.15, -0.1) is 0 Å². The summed E-state index contributed by atoms with van der Waals surface area (Å²) in [7, 11) is 1.49. The smallest absolute Gasteiger partial charge is 0.377 e. The zero-order valence-corrected chi connectivity index (χ0v) is 12.4. The van der Waals surface area contributed by atoms with Gasteiger partial charge in [0.15, 0.2) is 5.78 Å². The van der Waals surface area contributed by atoms with E-state index in [4.69, 9.17) is 9.84 Å². The highest BCUT2D eigenvalue weighted by Crippen LogP contribution is 2.17. The van der Waals surface area contributed by atoms with Crippen LogP contribution in [0.2, 0.25) is 0 Å². The Hall–Kier alpha value is -3.21. The van der Waals surface area contributed by atoms with Crippen LogP contribution in [0.3, 0.4) is 0 Å². The summed E-state index contributed by atoms with van der Waals surface area (Å²) in [6.45, 7) is 0. The fraction of sp³-hybridized carbons (Fsp3) is 0.0556. The second-order valence-corrected chi connectivity index (χ2v) is 4.66. The van der Waals surface area contributed by atoms with Gasteiger partial charge in [0.1, 0.15) is 5.75 Å². The minimum atomic E-state index is -1.67. The molecule has 0 aliphatic heterocycles. The van der Waals surface area contributed by atoms with E-state index in [1.807, 2.05) is 0 Å². The van der Waals surface area contributed by atoms with Gasteiger partial charge in [-0.1, -0.05) is 30.3 Å². The molecule has 0 atom stereocenters. The first kappa shape index (κ1) is 16.2. The van der Waals surface area contributed by atoms with Crippen molar-refractivity contribution in [2.45, 2.75) is 0 Å². The lowest BCUT2D eigenvalue weighted by molar-refractivity contribution is -0.147. The van der Waals surface area contributed by atoms with E-state index in [9.17, 15) is 14.4 Å². The molecule has 116 valence electrons. The van der Waals surface area contributed by atoms with Gasteiger partial charge < -0.3 is 9.84 Å². The van der Waals surface area contributed by atoms with Crippen LogP contribution < -0.4 is 4.74 Å². The van der Waals surface area contributed by atoms with Gasteiger partial charge in [0, 0.05) is 5.56 Å². The van der Waals surface area contributed by atoms with Gasteiger partial charge in [-0.05, 0) is 35.9 Å². The van der Waals surface area contributed by atoms with E-state index < -0.39 is 23.1 Å². The molecule has 5 nitrogen and oxygen atoms in total. The molecule has 0 radical (unpaired) electrons. The summed E-state index contributed by atoms with van der Waals surface area (Å²) in [5, 5.41) is 8.95. The van der Waals surface area contributed by atoms with Crippen LogP contribution in [-0.2, 0) is 9.59 Å². The Morgan fingerprint density at radius 1 is 0.957 bits per heavy atom. The highest BCUT2D eigenvalue weighted by atomic mass is 16.5. The minimum Gasteiger partial charge on any atom is -0.497 e. The molecule has 0 aliphatic rings. The number of ketones is 2. The number of Topliss-reactive ketones (excluding diaryl/α,β-unsaturated/α-hetero) is 2. The second kappa shape index (κ2) is 7.17. The Balaban J connectivity index is 2.44. The van der Waals surface area contributed by atoms with E-state index in [2.05, 4.69) is 0 Å². The molecule has 0 heterocycles. The fourth-order valence-corrected chi connectivity index (χ4v) is 1.96. The lowest BCUT2D eigenvalue weighted by atomic mass is 9.97. The third kappa shape index (κ3) is 3.91. The summed E-state index contributed by atoms with van der Waals surface area (Å²) in [6, 6.07) is 14.7. The van der Waals surface area contributed by atoms with Crippen molar-refractivity contribution in [3.05, 3.63) is 71.3 Å². The first-order valence-corrected chi connectivity index (χ1v) is 6.76. The third-order valence-corrected chi connectivity index (χ3v) is 3.15. The lowest BCUT2D eigenvalue weighted by Crippen LogP contribution is -2.21. The number of carboxylic acid groups (broad SMARTS) is 1. The summed E-state index contributed by atoms with van der Waals surface area (Å²) >= 11 is 0. The molecule has 2 aromatic carbocycles. The Morgan fingerprint density at radius 3 is 2.09 bits per heavy atom. The molecule has 0 saturated heterocycles. The molecule has 5 heteroatoms. The first-order valence-electron chi connectivity index (χ1n) is 6.76. The predicted molar refractivity (Wildman–Crippen MR) is 84.4 cm³/mol. The fourth-order valence-electron chi connectivity index (χ4n) is 1.96. The van der Waals surface area contributed by atoms with E-state index in [0.29, 0.717) is 11.3 Å². The molecule has 23 heavy (non-hydrogen) atoms. The van der Waals surface area contributed by atoms with Crippen LogP contribution in [0.5, 0.6) is 5.75 Å². The van der Waals surface area contributed by atoms with E-state index in [-0.39, 0.29) is 5.56 Å². The van der Waals surface area contributed by atoms with Gasteiger partial charge >= 0.3 is 5.97 Å². The Morgan fingerprint density at radius 2 is 1.57 bits per heavy atom. The van der Waals surface area contributed by atoms with Crippen molar-refractivity contribution in [3.63, 3.8) is 0 Å². The number of aliphatic carboxylic acids is 1. The molecule has 2 rings (SSSR count). The summed E-state index contributed by atoms with van der Waals surface area (Å²) in [6.07, 6.45) is 1.28. The Labute approximate surface area is 132 Å². The molecule has 0 spiro atoms. The first-order chi connectivity index (χ1) is 11.0. The van der Waals surface area contributed by atoms with Crippen molar-refractivity contribution >= 4 is 23.6 Å². The van der Waals surface area contributed by atoms with Gasteiger partial charge in [-0.3, -0.25) is 9.59 Å². The Bertz CT molecular complexity index is 758. The summed E-state index contributed by atoms with van der Waals surface area (Å²) in [4.78, 5) is 35.4. The van der Waals surface area contributed by atoms with E-state index in [1.165, 1.54) is 25.3 Å². The maximum Gasteiger partial charge on any atom is 0.377 e. The number of methoxy groups -OCH3 is 1. The van der Waals surface area contributed by atoms with Crippen LogP contribution in [0.1, 0.15) is 15.9 Å². The summed E-state index contributed by atoms with van der Waals surface area (Å²) < 4.78 is 5.00. The summed E-state index contributed by atoms with van der Waals surface area (Å²) in [5.74, 6) is -3.01. The van der Waals surface area contributed by atoms with Crippen molar-refractivity contribution in [3.8, 4) is 5.75 Å². The molecule has 2 aromatic rings. The number of hydrogen-bond acceptors (Lipinski definition) is 4. The molecule has 0 fully saturated rings. The van der Waals surface area contributed by atoms with Crippen molar-refractivity contribution in [2.75, 3.05) is 7.11 Å². The number of ether oxygens (including phenoxy) is 1. The zero-order valence-electron chi connectivity index (χ0n) is 12.4. The molecular formula is C18H14O5. The SMILES string of the molecule is COc1ccc(C(=O)C(=Cc2ccccc2)C(=O)C(=O)O)cc1. The third-order valence-electron chi connectivity index (χ3n) is 3.15. The Kier molecular flexibility index (Phi) is 5.04. The van der Waals surface area contributed by atoms with Gasteiger partial charge in [0.2, 0.25) is 0 Å². The van der Waals surface area contributed by atoms with Crippen molar-refractivity contribution in [1.29, 1.82) is 0 Å². The predicted octanol–water partition coefficient (Wildman–Crippen LogP) is 2.62. The molecule has 0 saturated carbocycles. The average Bonchev–Trinajstić information content (AvgIpc) is 2.59. The van der Waals surface area contributed by atoms with Crippen LogP contribution in [0, 0.1) is 0 Å². The lowest BCUT2D eigenvalue weighted by Gasteiger charge is -2.05. The highest BCUT2D eigenvalue weighted by molar-refractivity contribution is 6.49. The van der Waals surface area contributed by atoms with Gasteiger partial charge in [0.25, 0.3) is 5.78 Å². The number of carboxylic acids is 1. The average molecular weight is 310 g/mol. The number of rotatable bonds is 6. The van der Waals surface area contributed by atoms with Crippen molar-refractivity contribution < 1.29 is 24.2 Å². The van der Waals surface area contributed by atoms with Gasteiger partial charge in [-0.25, -0.2) is 4.79 Å². The van der Waals surface area contributed by atoms with Crippen LogP contribution >= 0.6 is 0 Å². The zero-order chi connectivity index (χ0) is 16.8. The quantitative estimate of drug-likeness (QED) is 0.292. The van der Waals surface area contributed by atoms with Crippen molar-refractivity contribution in [1.82, 2.24) is 0 Å². The maximum atomic E-state index is 12.5. The van der Waals surface area contributed by atoms with Gasteiger partial charge in [-0.2, -0.15) is 0 Å².